The van der Waals surface area contributed by atoms with E-state index in [9.17, 15) is 22.8 Å². The third-order valence-corrected chi connectivity index (χ3v) is 7.96. The Labute approximate surface area is 256 Å². The zero-order chi connectivity index (χ0) is 31.3. The zero-order valence-corrected chi connectivity index (χ0v) is 24.7. The number of hydrogen-bond acceptors (Lipinski definition) is 6. The van der Waals surface area contributed by atoms with Crippen molar-refractivity contribution in [2.24, 2.45) is 4.99 Å². The predicted molar refractivity (Wildman–Crippen MR) is 163 cm³/mol. The molecule has 3 amide bonds. The van der Waals surface area contributed by atoms with Crippen LogP contribution in [0.2, 0.25) is 0 Å². The first-order valence-electron chi connectivity index (χ1n) is 13.9. The van der Waals surface area contributed by atoms with Gasteiger partial charge in [0.1, 0.15) is 12.1 Å². The van der Waals surface area contributed by atoms with Crippen molar-refractivity contribution in [3.63, 3.8) is 0 Å². The van der Waals surface area contributed by atoms with Crippen LogP contribution >= 0.6 is 11.8 Å². The second-order valence-electron chi connectivity index (χ2n) is 9.86. The molecule has 4 aromatic rings. The van der Waals surface area contributed by atoms with E-state index in [4.69, 9.17) is 0 Å². The lowest BCUT2D eigenvalue weighted by Gasteiger charge is -2.19. The maximum absolute atomic E-state index is 12.8. The Morgan fingerprint density at radius 2 is 1.80 bits per heavy atom. The fourth-order valence-corrected chi connectivity index (χ4v) is 5.63. The van der Waals surface area contributed by atoms with E-state index in [1.165, 1.54) is 51.9 Å². The highest BCUT2D eigenvalue weighted by Crippen LogP contribution is 2.30. The van der Waals surface area contributed by atoms with Crippen molar-refractivity contribution in [1.82, 2.24) is 20.1 Å². The van der Waals surface area contributed by atoms with Gasteiger partial charge in [0.15, 0.2) is 11.0 Å². The number of carbonyl (C=O) groups excluding carboxylic acids is 2. The number of nitrogens with zero attached hydrogens (tertiary/aromatic N) is 5. The molecule has 44 heavy (non-hydrogen) atoms. The fourth-order valence-electron chi connectivity index (χ4n) is 4.77. The molecule has 13 heteroatoms. The Balaban J connectivity index is 1.21. The molecule has 2 heterocycles. The number of carbonyl (C=O) groups is 2. The molecule has 228 valence electrons. The summed E-state index contributed by atoms with van der Waals surface area (Å²) in [5.74, 6) is 0.262. The number of halogens is 3. The molecule has 1 aliphatic heterocycles. The number of para-hydroxylation sites is 1. The standard InChI is InChI=1S/C31H29F3N6O3S/c1-3-20-7-5-6-8-26(20)40-27(41)18-44-30(40)37-29(42)35-17-21(4-2)22-9-11-23(12-10-22)28-36-19-39(38-28)24-13-15-25(16-14-24)43-31(32,33)34/h5-16,19,21H,3-4,17-18H2,1-2H3,(H,35,42)/b37-30-. The largest absolute Gasteiger partial charge is 0.573 e. The quantitative estimate of drug-likeness (QED) is 0.222. The van der Waals surface area contributed by atoms with Gasteiger partial charge in [-0.3, -0.25) is 9.69 Å². The first-order valence-corrected chi connectivity index (χ1v) is 14.9. The minimum atomic E-state index is -4.76. The first-order chi connectivity index (χ1) is 21.1. The monoisotopic (exact) mass is 622 g/mol. The van der Waals surface area contributed by atoms with Crippen LogP contribution in [-0.4, -0.2) is 50.5 Å². The zero-order valence-electron chi connectivity index (χ0n) is 23.9. The molecule has 0 spiro atoms. The normalized spacial score (nSPS) is 15.1. The van der Waals surface area contributed by atoms with Gasteiger partial charge in [-0.15, -0.1) is 18.3 Å². The van der Waals surface area contributed by atoms with Crippen molar-refractivity contribution in [2.75, 3.05) is 17.2 Å². The van der Waals surface area contributed by atoms with Crippen LogP contribution in [0.3, 0.4) is 0 Å². The smallest absolute Gasteiger partial charge is 0.406 e. The number of rotatable bonds is 9. The van der Waals surface area contributed by atoms with Crippen molar-refractivity contribution in [2.45, 2.75) is 39.0 Å². The van der Waals surface area contributed by atoms with Gasteiger partial charge in [-0.1, -0.05) is 68.1 Å². The maximum Gasteiger partial charge on any atom is 0.573 e. The third-order valence-electron chi connectivity index (χ3n) is 7.04. The highest BCUT2D eigenvalue weighted by molar-refractivity contribution is 8.15. The highest BCUT2D eigenvalue weighted by Gasteiger charge is 2.32. The van der Waals surface area contributed by atoms with Gasteiger partial charge in [-0.25, -0.2) is 14.5 Å². The third kappa shape index (κ3) is 7.28. The van der Waals surface area contributed by atoms with Crippen molar-refractivity contribution in [3.05, 3.63) is 90.3 Å². The number of urea groups is 1. The summed E-state index contributed by atoms with van der Waals surface area (Å²) >= 11 is 1.24. The highest BCUT2D eigenvalue weighted by atomic mass is 32.2. The summed E-state index contributed by atoms with van der Waals surface area (Å²) in [6, 6.07) is 20.1. The van der Waals surface area contributed by atoms with Crippen LogP contribution < -0.4 is 15.0 Å². The van der Waals surface area contributed by atoms with Crippen LogP contribution in [-0.2, 0) is 11.2 Å². The van der Waals surface area contributed by atoms with Gasteiger partial charge >= 0.3 is 12.4 Å². The number of aromatic nitrogens is 3. The number of amidine groups is 1. The van der Waals surface area contributed by atoms with Crippen LogP contribution in [0.15, 0.2) is 84.1 Å². The van der Waals surface area contributed by atoms with E-state index < -0.39 is 12.4 Å². The SMILES string of the molecule is CCc1ccccc1N1C(=O)CS/C1=N\C(=O)NCC(CC)c1ccc(-c2ncn(-c3ccc(OC(F)(F)F)cc3)n2)cc1. The van der Waals surface area contributed by atoms with Crippen LogP contribution in [0.25, 0.3) is 17.1 Å². The number of thioether (sulfide) groups is 1. The minimum Gasteiger partial charge on any atom is -0.406 e. The number of aliphatic imine (C=N–C) groups is 1. The average molecular weight is 623 g/mol. The molecular formula is C31H29F3N6O3S. The molecular weight excluding hydrogens is 593 g/mol. The Morgan fingerprint density at radius 3 is 2.48 bits per heavy atom. The molecule has 1 atom stereocenters. The summed E-state index contributed by atoms with van der Waals surface area (Å²) in [6.07, 6.45) is -1.77. The van der Waals surface area contributed by atoms with Gasteiger partial charge in [-0.2, -0.15) is 4.99 Å². The summed E-state index contributed by atoms with van der Waals surface area (Å²) in [6.45, 7) is 4.40. The van der Waals surface area contributed by atoms with Gasteiger partial charge in [0.05, 0.1) is 17.1 Å². The second-order valence-corrected chi connectivity index (χ2v) is 10.8. The Kier molecular flexibility index (Phi) is 9.33. The summed E-state index contributed by atoms with van der Waals surface area (Å²) in [7, 11) is 0. The minimum absolute atomic E-state index is 0.0194. The van der Waals surface area contributed by atoms with Gasteiger partial charge in [-0.05, 0) is 54.3 Å². The van der Waals surface area contributed by atoms with E-state index in [-0.39, 0.29) is 23.3 Å². The van der Waals surface area contributed by atoms with Crippen LogP contribution in [0, 0.1) is 0 Å². The number of ether oxygens (including phenoxy) is 1. The molecule has 1 saturated heterocycles. The van der Waals surface area contributed by atoms with Crippen LogP contribution in [0.4, 0.5) is 23.7 Å². The van der Waals surface area contributed by atoms with Crippen molar-refractivity contribution < 1.29 is 27.5 Å². The Morgan fingerprint density at radius 1 is 1.07 bits per heavy atom. The molecule has 1 aliphatic rings. The fraction of sp³-hybridized carbons (Fsp3) is 0.258. The van der Waals surface area contributed by atoms with E-state index in [2.05, 4.69) is 25.1 Å². The van der Waals surface area contributed by atoms with Crippen LogP contribution in [0.1, 0.15) is 37.3 Å². The topological polar surface area (TPSA) is 102 Å². The number of nitrogens with one attached hydrogen (secondary N) is 1. The second kappa shape index (κ2) is 13.3. The predicted octanol–water partition coefficient (Wildman–Crippen LogP) is 6.73. The molecule has 1 unspecified atom stereocenters. The first kappa shape index (κ1) is 30.8. The molecule has 1 N–H and O–H groups in total. The molecule has 0 bridgehead atoms. The number of aryl methyl sites for hydroxylation is 1. The molecule has 0 radical (unpaired) electrons. The number of alkyl halides is 3. The van der Waals surface area contributed by atoms with Gasteiger partial charge in [0.25, 0.3) is 0 Å². The molecule has 0 aliphatic carbocycles. The number of anilines is 1. The summed E-state index contributed by atoms with van der Waals surface area (Å²) < 4.78 is 42.6. The van der Waals surface area contributed by atoms with Gasteiger partial charge in [0, 0.05) is 18.0 Å². The molecule has 5 rings (SSSR count). The summed E-state index contributed by atoms with van der Waals surface area (Å²) in [5, 5.41) is 7.69. The number of benzene rings is 3. The molecule has 1 fully saturated rings. The molecule has 0 saturated carbocycles. The van der Waals surface area contributed by atoms with Crippen molar-refractivity contribution >= 4 is 34.6 Å². The van der Waals surface area contributed by atoms with E-state index in [0.717, 1.165) is 35.2 Å². The maximum atomic E-state index is 12.8. The Bertz CT molecular complexity index is 1660. The number of amides is 3. The summed E-state index contributed by atoms with van der Waals surface area (Å²) in [5.41, 5.74) is 4.04. The van der Waals surface area contributed by atoms with E-state index in [0.29, 0.717) is 23.2 Å². The van der Waals surface area contributed by atoms with Gasteiger partial charge < -0.3 is 10.1 Å². The molecule has 3 aromatic carbocycles. The van der Waals surface area contributed by atoms with E-state index in [1.54, 1.807) is 0 Å². The van der Waals surface area contributed by atoms with Crippen molar-refractivity contribution in [3.8, 4) is 22.8 Å². The van der Waals surface area contributed by atoms with E-state index >= 15 is 0 Å². The van der Waals surface area contributed by atoms with Gasteiger partial charge in [0.2, 0.25) is 5.91 Å². The van der Waals surface area contributed by atoms with Crippen LogP contribution in [0.5, 0.6) is 5.75 Å². The lowest BCUT2D eigenvalue weighted by Crippen LogP contribution is -2.32. The van der Waals surface area contributed by atoms with E-state index in [1.807, 2.05) is 62.4 Å². The summed E-state index contributed by atoms with van der Waals surface area (Å²) in [4.78, 5) is 35.5. The number of hydrogen-bond donors (Lipinski definition) is 1. The molecule has 1 aromatic heterocycles. The molecule has 9 nitrogen and oxygen atoms in total. The Hall–Kier alpha value is -4.65. The van der Waals surface area contributed by atoms with Crippen molar-refractivity contribution in [1.29, 1.82) is 0 Å². The lowest BCUT2D eigenvalue weighted by molar-refractivity contribution is -0.274. The lowest BCUT2D eigenvalue weighted by atomic mass is 9.95. The average Bonchev–Trinajstić information content (AvgIpc) is 3.64.